The number of hydrogen-bond donors (Lipinski definition) is 0. The van der Waals surface area contributed by atoms with Gasteiger partial charge in [-0.05, 0) is 24.1 Å². The Morgan fingerprint density at radius 2 is 2.28 bits per heavy atom. The van der Waals surface area contributed by atoms with E-state index < -0.39 is 0 Å². The number of hydrogen-bond acceptors (Lipinski definition) is 4. The Balaban J connectivity index is 2.11. The molecular formula is C13H14N4O. The summed E-state index contributed by atoms with van der Waals surface area (Å²) >= 11 is 0. The van der Waals surface area contributed by atoms with E-state index in [0.717, 1.165) is 12.2 Å². The smallest absolute Gasteiger partial charge is 0.189 e. The lowest BCUT2D eigenvalue weighted by Crippen LogP contribution is -2.04. The number of nitriles is 1. The van der Waals surface area contributed by atoms with Crippen LogP contribution in [0.4, 0.5) is 0 Å². The molecule has 0 spiro atoms. The fourth-order valence-electron chi connectivity index (χ4n) is 1.63. The fourth-order valence-corrected chi connectivity index (χ4v) is 1.63. The molecule has 0 atom stereocenters. The molecule has 0 saturated heterocycles. The Kier molecular flexibility index (Phi) is 3.58. The Morgan fingerprint density at radius 1 is 1.44 bits per heavy atom. The molecule has 0 bridgehead atoms. The molecule has 0 amide bonds. The summed E-state index contributed by atoms with van der Waals surface area (Å²) in [7, 11) is 1.75. The molecule has 0 radical (unpaired) electrons. The molecule has 5 heteroatoms. The van der Waals surface area contributed by atoms with Gasteiger partial charge in [-0.15, -0.1) is 5.10 Å². The van der Waals surface area contributed by atoms with Gasteiger partial charge in [0.1, 0.15) is 24.1 Å². The number of ether oxygens (including phenoxy) is 1. The van der Waals surface area contributed by atoms with Crippen LogP contribution in [0.5, 0.6) is 5.75 Å². The van der Waals surface area contributed by atoms with Crippen LogP contribution in [-0.2, 0) is 20.1 Å². The number of aromatic nitrogens is 3. The van der Waals surface area contributed by atoms with E-state index in [1.54, 1.807) is 11.7 Å². The van der Waals surface area contributed by atoms with Crippen LogP contribution >= 0.6 is 0 Å². The van der Waals surface area contributed by atoms with Crippen molar-refractivity contribution in [3.8, 4) is 11.8 Å². The van der Waals surface area contributed by atoms with Gasteiger partial charge < -0.3 is 4.74 Å². The molecule has 0 unspecified atom stereocenters. The molecule has 0 saturated carbocycles. The average Bonchev–Trinajstić information content (AvgIpc) is 2.77. The first-order valence-corrected chi connectivity index (χ1v) is 5.75. The molecule has 92 valence electrons. The Hall–Kier alpha value is -2.35. The zero-order valence-corrected chi connectivity index (χ0v) is 10.4. The summed E-state index contributed by atoms with van der Waals surface area (Å²) in [6, 6.07) is 9.91. The predicted octanol–water partition coefficient (Wildman–Crippen LogP) is 1.83. The van der Waals surface area contributed by atoms with Crippen LogP contribution in [-0.4, -0.2) is 15.0 Å². The Morgan fingerprint density at radius 3 is 3.00 bits per heavy atom. The van der Waals surface area contributed by atoms with Gasteiger partial charge in [0.25, 0.3) is 0 Å². The van der Waals surface area contributed by atoms with Crippen LogP contribution in [0.3, 0.4) is 0 Å². The van der Waals surface area contributed by atoms with Gasteiger partial charge in [0, 0.05) is 7.05 Å². The highest BCUT2D eigenvalue weighted by atomic mass is 16.5. The van der Waals surface area contributed by atoms with Crippen molar-refractivity contribution in [2.75, 3.05) is 0 Å². The van der Waals surface area contributed by atoms with Crippen LogP contribution in [0.1, 0.15) is 23.9 Å². The highest BCUT2D eigenvalue weighted by molar-refractivity contribution is 5.29. The maximum atomic E-state index is 8.89. The van der Waals surface area contributed by atoms with Crippen LogP contribution < -0.4 is 4.74 Å². The van der Waals surface area contributed by atoms with Crippen molar-refractivity contribution in [1.82, 2.24) is 15.0 Å². The molecule has 0 aliphatic heterocycles. The fraction of sp³-hybridized carbons (Fsp3) is 0.308. The summed E-state index contributed by atoms with van der Waals surface area (Å²) in [5.74, 6) is 0.791. The topological polar surface area (TPSA) is 63.7 Å². The van der Waals surface area contributed by atoms with Gasteiger partial charge in [0.2, 0.25) is 0 Å². The summed E-state index contributed by atoms with van der Waals surface area (Å²) < 4.78 is 7.22. The van der Waals surface area contributed by atoms with Crippen LogP contribution in [0.15, 0.2) is 24.3 Å². The highest BCUT2D eigenvalue weighted by Gasteiger charge is 2.10. The molecule has 1 heterocycles. The third-order valence-corrected chi connectivity index (χ3v) is 2.73. The molecule has 0 aliphatic rings. The molecule has 1 aromatic heterocycles. The molecule has 2 rings (SSSR count). The number of rotatable bonds is 4. The van der Waals surface area contributed by atoms with Crippen LogP contribution in [0.25, 0.3) is 0 Å². The Bertz CT molecular complexity index is 583. The molecular weight excluding hydrogens is 228 g/mol. The first-order chi connectivity index (χ1) is 8.74. The van der Waals surface area contributed by atoms with Crippen molar-refractivity contribution >= 4 is 0 Å². The molecule has 5 nitrogen and oxygen atoms in total. The minimum atomic E-state index is 0.291. The van der Waals surface area contributed by atoms with E-state index in [0.29, 0.717) is 18.0 Å². The van der Waals surface area contributed by atoms with Crippen molar-refractivity contribution in [1.29, 1.82) is 5.26 Å². The molecule has 0 aliphatic carbocycles. The zero-order valence-electron chi connectivity index (χ0n) is 10.4. The van der Waals surface area contributed by atoms with Crippen molar-refractivity contribution in [2.24, 2.45) is 7.05 Å². The number of aryl methyl sites for hydroxylation is 2. The Labute approximate surface area is 106 Å². The van der Waals surface area contributed by atoms with Gasteiger partial charge in [-0.3, -0.25) is 0 Å². The van der Waals surface area contributed by atoms with Gasteiger partial charge in [0.15, 0.2) is 5.69 Å². The van der Waals surface area contributed by atoms with Crippen molar-refractivity contribution < 1.29 is 4.74 Å². The first-order valence-electron chi connectivity index (χ1n) is 5.75. The van der Waals surface area contributed by atoms with E-state index in [1.165, 1.54) is 5.56 Å². The third-order valence-electron chi connectivity index (χ3n) is 2.73. The largest absolute Gasteiger partial charge is 0.487 e. The van der Waals surface area contributed by atoms with Gasteiger partial charge in [0.05, 0.1) is 0 Å². The average molecular weight is 242 g/mol. The zero-order chi connectivity index (χ0) is 13.0. The summed E-state index contributed by atoms with van der Waals surface area (Å²) in [5, 5.41) is 16.4. The monoisotopic (exact) mass is 242 g/mol. The SMILES string of the molecule is CCc1cccc(OCc2c(C#N)nnn2C)c1. The summed E-state index contributed by atoms with van der Waals surface area (Å²) in [5.41, 5.74) is 2.21. The third kappa shape index (κ3) is 2.48. The van der Waals surface area contributed by atoms with Crippen molar-refractivity contribution in [2.45, 2.75) is 20.0 Å². The second kappa shape index (κ2) is 5.32. The van der Waals surface area contributed by atoms with Gasteiger partial charge in [-0.1, -0.05) is 24.3 Å². The van der Waals surface area contributed by atoms with Crippen LogP contribution in [0.2, 0.25) is 0 Å². The van der Waals surface area contributed by atoms with E-state index in [4.69, 9.17) is 10.00 Å². The van der Waals surface area contributed by atoms with Gasteiger partial charge >= 0.3 is 0 Å². The van der Waals surface area contributed by atoms with Gasteiger partial charge in [-0.2, -0.15) is 5.26 Å². The second-order valence-corrected chi connectivity index (χ2v) is 3.91. The van der Waals surface area contributed by atoms with Crippen LogP contribution in [0, 0.1) is 11.3 Å². The van der Waals surface area contributed by atoms with E-state index in [-0.39, 0.29) is 0 Å². The summed E-state index contributed by atoms with van der Waals surface area (Å²) in [4.78, 5) is 0. The quantitative estimate of drug-likeness (QED) is 0.820. The second-order valence-electron chi connectivity index (χ2n) is 3.91. The number of benzene rings is 1. The lowest BCUT2D eigenvalue weighted by molar-refractivity contribution is 0.294. The maximum Gasteiger partial charge on any atom is 0.189 e. The summed E-state index contributed by atoms with van der Waals surface area (Å²) in [6.07, 6.45) is 0.966. The van der Waals surface area contributed by atoms with Gasteiger partial charge in [-0.25, -0.2) is 4.68 Å². The molecule has 0 N–H and O–H groups in total. The molecule has 18 heavy (non-hydrogen) atoms. The van der Waals surface area contributed by atoms with E-state index in [9.17, 15) is 0 Å². The van der Waals surface area contributed by atoms with Crippen molar-refractivity contribution in [3.63, 3.8) is 0 Å². The molecule has 2 aromatic rings. The lowest BCUT2D eigenvalue weighted by atomic mass is 10.2. The normalized spacial score (nSPS) is 10.1. The number of nitrogens with zero attached hydrogens (tertiary/aromatic N) is 4. The lowest BCUT2D eigenvalue weighted by Gasteiger charge is -2.07. The molecule has 0 fully saturated rings. The highest BCUT2D eigenvalue weighted by Crippen LogP contribution is 2.16. The van der Waals surface area contributed by atoms with E-state index >= 15 is 0 Å². The standard InChI is InChI=1S/C13H14N4O/c1-3-10-5-4-6-11(7-10)18-9-13-12(8-14)15-16-17(13)2/h4-7H,3,9H2,1-2H3. The predicted molar refractivity (Wildman–Crippen MR) is 65.9 cm³/mol. The van der Waals surface area contributed by atoms with E-state index in [1.807, 2.05) is 24.3 Å². The maximum absolute atomic E-state index is 8.89. The molecule has 1 aromatic carbocycles. The summed E-state index contributed by atoms with van der Waals surface area (Å²) in [6.45, 7) is 2.39. The minimum Gasteiger partial charge on any atom is -0.487 e. The minimum absolute atomic E-state index is 0.291. The van der Waals surface area contributed by atoms with Crippen molar-refractivity contribution in [3.05, 3.63) is 41.2 Å². The van der Waals surface area contributed by atoms with E-state index in [2.05, 4.69) is 23.3 Å². The first kappa shape index (κ1) is 12.1.